The number of benzene rings is 2. The molecule has 2 aliphatic heterocycles. The molecule has 39 heavy (non-hydrogen) atoms. The van der Waals surface area contributed by atoms with Gasteiger partial charge in [0.05, 0.1) is 25.9 Å². The third-order valence-corrected chi connectivity index (χ3v) is 8.09. The summed E-state index contributed by atoms with van der Waals surface area (Å²) in [5, 5.41) is 5.39. The number of esters is 1. The normalized spacial score (nSPS) is 21.9. The highest BCUT2D eigenvalue weighted by Gasteiger charge is 2.42. The first-order valence-electron chi connectivity index (χ1n) is 13.5. The molecule has 3 aliphatic rings. The number of fused-ring (bicyclic) bond motifs is 1. The van der Waals surface area contributed by atoms with E-state index in [9.17, 15) is 9.59 Å². The van der Waals surface area contributed by atoms with Crippen molar-refractivity contribution in [2.45, 2.75) is 50.5 Å². The number of pyridine rings is 1. The van der Waals surface area contributed by atoms with E-state index in [0.717, 1.165) is 39.0 Å². The number of dihydropyridines is 1. The highest BCUT2D eigenvalue weighted by molar-refractivity contribution is 6.05. The van der Waals surface area contributed by atoms with Crippen LogP contribution in [0, 0.1) is 0 Å². The number of aromatic nitrogens is 1. The quantitative estimate of drug-likeness (QED) is 0.452. The van der Waals surface area contributed by atoms with Gasteiger partial charge in [0.15, 0.2) is 5.78 Å². The summed E-state index contributed by atoms with van der Waals surface area (Å²) in [5.74, 6) is -0.137. The summed E-state index contributed by atoms with van der Waals surface area (Å²) in [4.78, 5) is 32.2. The van der Waals surface area contributed by atoms with Crippen LogP contribution >= 0.6 is 0 Å². The molecule has 0 bridgehead atoms. The maximum absolute atomic E-state index is 14.1. The third-order valence-electron chi connectivity index (χ3n) is 8.09. The Hall–Kier alpha value is -3.97. The van der Waals surface area contributed by atoms with Gasteiger partial charge in [0, 0.05) is 65.8 Å². The van der Waals surface area contributed by atoms with Crippen molar-refractivity contribution in [3.8, 4) is 5.75 Å². The summed E-state index contributed by atoms with van der Waals surface area (Å²) in [6, 6.07) is 15.8. The molecule has 3 aromatic rings. The molecule has 200 valence electrons. The Kier molecular flexibility index (Phi) is 6.92. The van der Waals surface area contributed by atoms with Crippen LogP contribution in [0.15, 0.2) is 83.5 Å². The summed E-state index contributed by atoms with van der Waals surface area (Å²) in [7, 11) is 1.65. The Morgan fingerprint density at radius 1 is 1.03 bits per heavy atom. The number of methoxy groups -OCH3 is 1. The van der Waals surface area contributed by atoms with E-state index in [1.165, 1.54) is 0 Å². The number of nitrogens with one attached hydrogen (secondary N) is 1. The number of carbonyl (C=O) groups excluding carboxylic acids is 2. The molecule has 0 spiro atoms. The highest BCUT2D eigenvalue weighted by Crippen LogP contribution is 2.48. The molecule has 2 aromatic carbocycles. The summed E-state index contributed by atoms with van der Waals surface area (Å²) in [6.45, 7) is 3.05. The zero-order valence-corrected chi connectivity index (χ0v) is 22.2. The average molecular weight is 525 g/mol. The lowest BCUT2D eigenvalue weighted by Crippen LogP contribution is -2.37. The standard InChI is InChI=1S/C32H32N2O5/c1-19-29(32(36)39-22-11-14-38-15-12-22)30(25-8-5-6-20-18-33-13-10-23(20)25)31-26(34-19)16-21(17-27(31)35)24-7-3-4-9-28(24)37-2/h3-10,13,18,21-22,30,34H,11-12,14-17H2,1-2H3/t21-,30-/m1/s1. The molecule has 1 aliphatic carbocycles. The molecule has 0 saturated carbocycles. The Labute approximate surface area is 227 Å². The third kappa shape index (κ3) is 4.72. The van der Waals surface area contributed by atoms with Crippen molar-refractivity contribution in [2.24, 2.45) is 0 Å². The predicted molar refractivity (Wildman–Crippen MR) is 147 cm³/mol. The van der Waals surface area contributed by atoms with Crippen LogP contribution in [0.4, 0.5) is 0 Å². The van der Waals surface area contributed by atoms with Gasteiger partial charge in [-0.15, -0.1) is 0 Å². The van der Waals surface area contributed by atoms with E-state index in [1.54, 1.807) is 13.3 Å². The highest BCUT2D eigenvalue weighted by atomic mass is 16.6. The maximum Gasteiger partial charge on any atom is 0.337 e. The Bertz CT molecular complexity index is 1500. The summed E-state index contributed by atoms with van der Waals surface area (Å²) in [5.41, 5.74) is 4.64. The first-order chi connectivity index (χ1) is 19.0. The first kappa shape index (κ1) is 25.3. The van der Waals surface area contributed by atoms with Crippen LogP contribution in [0.5, 0.6) is 5.75 Å². The van der Waals surface area contributed by atoms with Gasteiger partial charge < -0.3 is 19.5 Å². The Morgan fingerprint density at radius 3 is 2.64 bits per heavy atom. The predicted octanol–water partition coefficient (Wildman–Crippen LogP) is 5.33. The number of allylic oxidation sites excluding steroid dienone is 3. The number of nitrogens with zero attached hydrogens (tertiary/aromatic N) is 1. The van der Waals surface area contributed by atoms with Crippen molar-refractivity contribution in [1.82, 2.24) is 10.3 Å². The maximum atomic E-state index is 14.1. The molecule has 0 unspecified atom stereocenters. The SMILES string of the molecule is COc1ccccc1[C@H]1CC(=O)C2=C(C1)NC(C)=C(C(=O)OC1CCOCC1)[C@H]2c1cccc2cnccc12. The van der Waals surface area contributed by atoms with E-state index in [2.05, 4.69) is 10.3 Å². The number of hydrogen-bond donors (Lipinski definition) is 1. The molecule has 1 aromatic heterocycles. The molecular weight excluding hydrogens is 492 g/mol. The van der Waals surface area contributed by atoms with Gasteiger partial charge >= 0.3 is 5.97 Å². The summed E-state index contributed by atoms with van der Waals surface area (Å²) < 4.78 is 17.1. The number of carbonyl (C=O) groups is 2. The second-order valence-electron chi connectivity index (χ2n) is 10.4. The van der Waals surface area contributed by atoms with E-state index in [0.29, 0.717) is 50.0 Å². The molecule has 3 heterocycles. The van der Waals surface area contributed by atoms with Gasteiger partial charge in [0.25, 0.3) is 0 Å². The fourth-order valence-electron chi connectivity index (χ4n) is 6.25. The molecule has 1 saturated heterocycles. The van der Waals surface area contributed by atoms with Gasteiger partial charge in [-0.3, -0.25) is 9.78 Å². The van der Waals surface area contributed by atoms with E-state index in [-0.39, 0.29) is 23.8 Å². The molecular formula is C32H32N2O5. The van der Waals surface area contributed by atoms with Crippen LogP contribution in [0.2, 0.25) is 0 Å². The lowest BCUT2D eigenvalue weighted by atomic mass is 9.71. The number of ketones is 1. The number of ether oxygens (including phenoxy) is 3. The van der Waals surface area contributed by atoms with Crippen molar-refractivity contribution in [3.05, 3.63) is 94.6 Å². The number of para-hydroxylation sites is 1. The molecule has 7 nitrogen and oxygen atoms in total. The minimum absolute atomic E-state index is 0.0270. The van der Waals surface area contributed by atoms with E-state index in [1.807, 2.05) is 61.7 Å². The second kappa shape index (κ2) is 10.7. The van der Waals surface area contributed by atoms with Gasteiger partial charge in [-0.2, -0.15) is 0 Å². The van der Waals surface area contributed by atoms with Gasteiger partial charge in [-0.25, -0.2) is 4.79 Å². The monoisotopic (exact) mass is 524 g/mol. The molecule has 0 amide bonds. The van der Waals surface area contributed by atoms with Gasteiger partial charge in [0.2, 0.25) is 0 Å². The number of hydrogen-bond acceptors (Lipinski definition) is 7. The first-order valence-corrected chi connectivity index (χ1v) is 13.5. The van der Waals surface area contributed by atoms with Gasteiger partial charge in [-0.1, -0.05) is 36.4 Å². The number of Topliss-reactive ketones (excluding diaryl/α,β-unsaturated/α-hetero) is 1. The van der Waals surface area contributed by atoms with E-state index < -0.39 is 5.92 Å². The van der Waals surface area contributed by atoms with Crippen LogP contribution in [-0.4, -0.2) is 43.2 Å². The van der Waals surface area contributed by atoms with Crippen molar-refractivity contribution in [1.29, 1.82) is 0 Å². The fraction of sp³-hybridized carbons (Fsp3) is 0.344. The molecule has 1 N–H and O–H groups in total. The van der Waals surface area contributed by atoms with Crippen LogP contribution in [0.1, 0.15) is 55.6 Å². The minimum Gasteiger partial charge on any atom is -0.496 e. The lowest BCUT2D eigenvalue weighted by Gasteiger charge is -2.37. The zero-order valence-electron chi connectivity index (χ0n) is 22.2. The van der Waals surface area contributed by atoms with Crippen LogP contribution < -0.4 is 10.1 Å². The lowest BCUT2D eigenvalue weighted by molar-refractivity contribution is -0.148. The van der Waals surface area contributed by atoms with Crippen LogP contribution in [-0.2, 0) is 19.1 Å². The van der Waals surface area contributed by atoms with E-state index in [4.69, 9.17) is 14.2 Å². The average Bonchev–Trinajstić information content (AvgIpc) is 2.96. The van der Waals surface area contributed by atoms with Crippen molar-refractivity contribution in [3.63, 3.8) is 0 Å². The topological polar surface area (TPSA) is 86.8 Å². The number of rotatable bonds is 5. The Balaban J connectivity index is 1.45. The fourth-order valence-corrected chi connectivity index (χ4v) is 6.25. The molecule has 1 fully saturated rings. The Morgan fingerprint density at radius 2 is 1.82 bits per heavy atom. The van der Waals surface area contributed by atoms with E-state index >= 15 is 0 Å². The second-order valence-corrected chi connectivity index (χ2v) is 10.4. The van der Waals surface area contributed by atoms with Gasteiger partial charge in [-0.05, 0) is 42.0 Å². The van der Waals surface area contributed by atoms with Crippen molar-refractivity contribution >= 4 is 22.5 Å². The summed E-state index contributed by atoms with van der Waals surface area (Å²) >= 11 is 0. The summed E-state index contributed by atoms with van der Waals surface area (Å²) in [6.07, 6.45) is 5.68. The van der Waals surface area contributed by atoms with Crippen LogP contribution in [0.3, 0.4) is 0 Å². The van der Waals surface area contributed by atoms with Crippen LogP contribution in [0.25, 0.3) is 10.8 Å². The van der Waals surface area contributed by atoms with Crippen molar-refractivity contribution in [2.75, 3.05) is 20.3 Å². The molecule has 2 atom stereocenters. The van der Waals surface area contributed by atoms with Gasteiger partial charge in [0.1, 0.15) is 11.9 Å². The zero-order chi connectivity index (χ0) is 26.9. The minimum atomic E-state index is -0.536. The smallest absolute Gasteiger partial charge is 0.337 e. The molecule has 0 radical (unpaired) electrons. The molecule has 6 rings (SSSR count). The molecule has 7 heteroatoms. The largest absolute Gasteiger partial charge is 0.496 e. The van der Waals surface area contributed by atoms with Crippen molar-refractivity contribution < 1.29 is 23.8 Å².